The summed E-state index contributed by atoms with van der Waals surface area (Å²) in [5, 5.41) is 0. The number of halogens is 2. The van der Waals surface area contributed by atoms with Crippen molar-refractivity contribution in [1.29, 1.82) is 0 Å². The van der Waals surface area contributed by atoms with Crippen LogP contribution in [0.3, 0.4) is 0 Å². The van der Waals surface area contributed by atoms with Crippen LogP contribution < -0.4 is 5.73 Å². The smallest absolute Gasteiger partial charge is 0.206 e. The van der Waals surface area contributed by atoms with Crippen LogP contribution in [0.25, 0.3) is 16.7 Å². The van der Waals surface area contributed by atoms with Crippen molar-refractivity contribution in [1.82, 2.24) is 9.55 Å². The molecule has 19 heavy (non-hydrogen) atoms. The van der Waals surface area contributed by atoms with E-state index in [1.807, 2.05) is 31.2 Å². The summed E-state index contributed by atoms with van der Waals surface area (Å²) >= 11 is 3.44. The molecule has 1 aromatic heterocycles. The maximum absolute atomic E-state index is 13.7. The average Bonchev–Trinajstić information content (AvgIpc) is 2.70. The van der Waals surface area contributed by atoms with Crippen LogP contribution in [0.1, 0.15) is 5.56 Å². The maximum Gasteiger partial charge on any atom is 0.206 e. The molecule has 0 aliphatic carbocycles. The van der Waals surface area contributed by atoms with Gasteiger partial charge in [0.2, 0.25) is 5.95 Å². The molecule has 0 atom stereocenters. The zero-order valence-electron chi connectivity index (χ0n) is 10.2. The highest BCUT2D eigenvalue weighted by Gasteiger charge is 2.14. The minimum atomic E-state index is -0.365. The van der Waals surface area contributed by atoms with E-state index in [-0.39, 0.29) is 11.8 Å². The lowest BCUT2D eigenvalue weighted by atomic mass is 10.2. The fourth-order valence-corrected chi connectivity index (χ4v) is 2.51. The van der Waals surface area contributed by atoms with Gasteiger partial charge >= 0.3 is 0 Å². The van der Waals surface area contributed by atoms with E-state index in [0.29, 0.717) is 11.0 Å². The molecule has 0 radical (unpaired) electrons. The highest BCUT2D eigenvalue weighted by atomic mass is 79.9. The van der Waals surface area contributed by atoms with Crippen molar-refractivity contribution in [2.75, 3.05) is 5.73 Å². The van der Waals surface area contributed by atoms with E-state index in [1.54, 1.807) is 10.6 Å². The van der Waals surface area contributed by atoms with Gasteiger partial charge in [0.15, 0.2) is 5.82 Å². The Balaban J connectivity index is 2.39. The SMILES string of the molecule is Cc1ccc(Br)cc1-n1c(N)nc2c(F)cccc21. The van der Waals surface area contributed by atoms with Crippen molar-refractivity contribution in [2.24, 2.45) is 0 Å². The minimum absolute atomic E-state index is 0.279. The molecule has 1 heterocycles. The lowest BCUT2D eigenvalue weighted by molar-refractivity contribution is 0.637. The zero-order valence-corrected chi connectivity index (χ0v) is 11.8. The Morgan fingerprint density at radius 1 is 1.26 bits per heavy atom. The van der Waals surface area contributed by atoms with Crippen molar-refractivity contribution in [2.45, 2.75) is 6.92 Å². The molecule has 3 aromatic rings. The Morgan fingerprint density at radius 3 is 2.84 bits per heavy atom. The van der Waals surface area contributed by atoms with Crippen LogP contribution in [0, 0.1) is 12.7 Å². The Hall–Kier alpha value is -1.88. The first-order valence-corrected chi connectivity index (χ1v) is 6.56. The molecule has 2 aromatic carbocycles. The van der Waals surface area contributed by atoms with Gasteiger partial charge in [0.1, 0.15) is 5.52 Å². The standard InChI is InChI=1S/C14H11BrFN3/c1-8-5-6-9(15)7-12(8)19-11-4-2-3-10(16)13(11)18-14(19)17/h2-7H,1H3,(H2,17,18). The van der Waals surface area contributed by atoms with Crippen LogP contribution in [-0.4, -0.2) is 9.55 Å². The van der Waals surface area contributed by atoms with Gasteiger partial charge in [-0.25, -0.2) is 9.37 Å². The predicted molar refractivity (Wildman–Crippen MR) is 77.9 cm³/mol. The maximum atomic E-state index is 13.7. The van der Waals surface area contributed by atoms with Crippen molar-refractivity contribution < 1.29 is 4.39 Å². The largest absolute Gasteiger partial charge is 0.369 e. The molecule has 0 bridgehead atoms. The fourth-order valence-electron chi connectivity index (χ4n) is 2.16. The quantitative estimate of drug-likeness (QED) is 0.741. The molecule has 0 amide bonds. The first kappa shape index (κ1) is 12.2. The normalized spacial score (nSPS) is 11.1. The third-order valence-electron chi connectivity index (χ3n) is 3.07. The molecule has 5 heteroatoms. The monoisotopic (exact) mass is 319 g/mol. The van der Waals surface area contributed by atoms with Crippen molar-refractivity contribution in [3.8, 4) is 5.69 Å². The predicted octanol–water partition coefficient (Wildman–Crippen LogP) is 3.82. The number of aromatic nitrogens is 2. The van der Waals surface area contributed by atoms with Crippen LogP contribution in [0.4, 0.5) is 10.3 Å². The molecule has 0 aliphatic heterocycles. The molecule has 0 saturated heterocycles. The molecular weight excluding hydrogens is 309 g/mol. The van der Waals surface area contributed by atoms with Gasteiger partial charge in [0, 0.05) is 4.47 Å². The van der Waals surface area contributed by atoms with E-state index in [4.69, 9.17) is 5.73 Å². The van der Waals surface area contributed by atoms with E-state index in [9.17, 15) is 4.39 Å². The lowest BCUT2D eigenvalue weighted by Gasteiger charge is -2.10. The van der Waals surface area contributed by atoms with Gasteiger partial charge in [-0.05, 0) is 36.8 Å². The number of rotatable bonds is 1. The summed E-state index contributed by atoms with van der Waals surface area (Å²) in [6.07, 6.45) is 0. The first-order valence-electron chi connectivity index (χ1n) is 5.77. The molecule has 0 unspecified atom stereocenters. The van der Waals surface area contributed by atoms with Crippen LogP contribution in [-0.2, 0) is 0 Å². The number of hydrogen-bond donors (Lipinski definition) is 1. The van der Waals surface area contributed by atoms with Crippen LogP contribution in [0.5, 0.6) is 0 Å². The fraction of sp³-hybridized carbons (Fsp3) is 0.0714. The lowest BCUT2D eigenvalue weighted by Crippen LogP contribution is -2.02. The second-order valence-electron chi connectivity index (χ2n) is 4.34. The van der Waals surface area contributed by atoms with Gasteiger partial charge < -0.3 is 5.73 Å². The number of benzene rings is 2. The molecule has 0 fully saturated rings. The van der Waals surface area contributed by atoms with E-state index < -0.39 is 0 Å². The Morgan fingerprint density at radius 2 is 2.05 bits per heavy atom. The number of fused-ring (bicyclic) bond motifs is 1. The summed E-state index contributed by atoms with van der Waals surface area (Å²) in [5.74, 6) is -0.0862. The molecule has 0 spiro atoms. The molecule has 0 aliphatic rings. The Bertz CT molecular complexity index is 780. The van der Waals surface area contributed by atoms with E-state index >= 15 is 0 Å². The van der Waals surface area contributed by atoms with E-state index in [2.05, 4.69) is 20.9 Å². The number of nitrogens with zero attached hydrogens (tertiary/aromatic N) is 2. The number of aryl methyl sites for hydroxylation is 1. The van der Waals surface area contributed by atoms with Crippen molar-refractivity contribution in [3.05, 3.63) is 52.3 Å². The minimum Gasteiger partial charge on any atom is -0.369 e. The second-order valence-corrected chi connectivity index (χ2v) is 5.26. The highest BCUT2D eigenvalue weighted by molar-refractivity contribution is 9.10. The summed E-state index contributed by atoms with van der Waals surface area (Å²) in [7, 11) is 0. The zero-order chi connectivity index (χ0) is 13.6. The van der Waals surface area contributed by atoms with Gasteiger partial charge in [0.05, 0.1) is 11.2 Å². The van der Waals surface area contributed by atoms with Crippen LogP contribution >= 0.6 is 15.9 Å². The third-order valence-corrected chi connectivity index (χ3v) is 3.57. The average molecular weight is 320 g/mol. The van der Waals surface area contributed by atoms with Gasteiger partial charge in [-0.15, -0.1) is 0 Å². The molecule has 0 saturated carbocycles. The van der Waals surface area contributed by atoms with E-state index in [1.165, 1.54) is 6.07 Å². The van der Waals surface area contributed by atoms with Gasteiger partial charge in [0.25, 0.3) is 0 Å². The summed E-state index contributed by atoms with van der Waals surface area (Å²) < 4.78 is 16.4. The van der Waals surface area contributed by atoms with Crippen LogP contribution in [0.15, 0.2) is 40.9 Å². The molecule has 96 valence electrons. The molecule has 3 rings (SSSR count). The van der Waals surface area contributed by atoms with Gasteiger partial charge in [-0.2, -0.15) is 0 Å². The highest BCUT2D eigenvalue weighted by Crippen LogP contribution is 2.28. The topological polar surface area (TPSA) is 43.8 Å². The van der Waals surface area contributed by atoms with Gasteiger partial charge in [-0.3, -0.25) is 4.57 Å². The number of para-hydroxylation sites is 1. The Labute approximate surface area is 118 Å². The first-order chi connectivity index (χ1) is 9.08. The van der Waals surface area contributed by atoms with Crippen molar-refractivity contribution in [3.63, 3.8) is 0 Å². The number of nitrogen functional groups attached to an aromatic ring is 1. The van der Waals surface area contributed by atoms with Crippen molar-refractivity contribution >= 4 is 32.9 Å². The number of nitrogens with two attached hydrogens (primary N) is 1. The third kappa shape index (κ3) is 1.90. The molecule has 3 nitrogen and oxygen atoms in total. The Kier molecular flexibility index (Phi) is 2.78. The van der Waals surface area contributed by atoms with Gasteiger partial charge in [-0.1, -0.05) is 28.1 Å². The molecular formula is C14H11BrFN3. The summed E-state index contributed by atoms with van der Waals surface area (Å²) in [6, 6.07) is 10.7. The summed E-state index contributed by atoms with van der Waals surface area (Å²) in [4.78, 5) is 4.11. The number of hydrogen-bond acceptors (Lipinski definition) is 2. The van der Waals surface area contributed by atoms with E-state index in [0.717, 1.165) is 15.7 Å². The number of imidazole rings is 1. The van der Waals surface area contributed by atoms with Crippen LogP contribution in [0.2, 0.25) is 0 Å². The number of anilines is 1. The summed E-state index contributed by atoms with van der Waals surface area (Å²) in [6.45, 7) is 1.98. The second kappa shape index (κ2) is 4.35. The summed E-state index contributed by atoms with van der Waals surface area (Å²) in [5.41, 5.74) is 8.83. The molecule has 2 N–H and O–H groups in total.